The number of hydrogen-bond acceptors (Lipinski definition) is 1. The van der Waals surface area contributed by atoms with Crippen LogP contribution in [0.25, 0.3) is 0 Å². The number of rotatable bonds is 3. The molecule has 0 unspecified atom stereocenters. The molecule has 2 rings (SSSR count). The average molecular weight is 224 g/mol. The summed E-state index contributed by atoms with van der Waals surface area (Å²) >= 11 is 0. The lowest BCUT2D eigenvalue weighted by atomic mass is 10.1. The van der Waals surface area contributed by atoms with Gasteiger partial charge in [-0.3, -0.25) is 0 Å². The van der Waals surface area contributed by atoms with Gasteiger partial charge in [0.2, 0.25) is 0 Å². The van der Waals surface area contributed by atoms with Gasteiger partial charge in [-0.25, -0.2) is 4.99 Å². The highest BCUT2D eigenvalue weighted by atomic mass is 14.9. The van der Waals surface area contributed by atoms with E-state index in [9.17, 15) is 0 Å². The topological polar surface area (TPSA) is 38.4 Å². The summed E-state index contributed by atoms with van der Waals surface area (Å²) in [5.41, 5.74) is 9.23. The number of nitrogens with two attached hydrogens (primary N) is 1. The normalized spacial score (nSPS) is 11.5. The fourth-order valence-electron chi connectivity index (χ4n) is 1.71. The summed E-state index contributed by atoms with van der Waals surface area (Å²) in [4.78, 5) is 4.41. The fourth-order valence-corrected chi connectivity index (χ4v) is 1.71. The zero-order chi connectivity index (χ0) is 12.1. The molecule has 2 heteroatoms. The van der Waals surface area contributed by atoms with E-state index in [4.69, 9.17) is 5.73 Å². The second-order valence-electron chi connectivity index (χ2n) is 4.10. The molecule has 0 fully saturated rings. The molecule has 0 aliphatic rings. The molecular weight excluding hydrogens is 208 g/mol. The molecule has 0 heterocycles. The van der Waals surface area contributed by atoms with E-state index in [1.807, 2.05) is 49.4 Å². The maximum absolute atomic E-state index is 5.94. The second kappa shape index (κ2) is 5.30. The maximum atomic E-state index is 5.94. The number of amidine groups is 1. The minimum atomic E-state index is 0.641. The molecule has 86 valence electrons. The summed E-state index contributed by atoms with van der Waals surface area (Å²) < 4.78 is 0. The molecule has 0 saturated carbocycles. The van der Waals surface area contributed by atoms with Crippen LogP contribution in [-0.4, -0.2) is 5.84 Å². The molecule has 0 aromatic heterocycles. The molecule has 2 aromatic rings. The van der Waals surface area contributed by atoms with Gasteiger partial charge in [0, 0.05) is 6.42 Å². The molecule has 0 saturated heterocycles. The molecule has 0 atom stereocenters. The van der Waals surface area contributed by atoms with Crippen molar-refractivity contribution in [2.45, 2.75) is 13.3 Å². The highest BCUT2D eigenvalue weighted by Crippen LogP contribution is 2.13. The van der Waals surface area contributed by atoms with Crippen molar-refractivity contribution in [1.29, 1.82) is 0 Å². The quantitative estimate of drug-likeness (QED) is 0.631. The zero-order valence-electron chi connectivity index (χ0n) is 9.93. The number of hydrogen-bond donors (Lipinski definition) is 1. The minimum Gasteiger partial charge on any atom is -0.387 e. The van der Waals surface area contributed by atoms with Crippen LogP contribution in [0.2, 0.25) is 0 Å². The van der Waals surface area contributed by atoms with E-state index >= 15 is 0 Å². The first-order valence-corrected chi connectivity index (χ1v) is 5.68. The largest absolute Gasteiger partial charge is 0.387 e. The Hall–Kier alpha value is -2.09. The number of aryl methyl sites for hydroxylation is 1. The van der Waals surface area contributed by atoms with E-state index in [1.165, 1.54) is 11.1 Å². The molecule has 2 aromatic carbocycles. The second-order valence-corrected chi connectivity index (χ2v) is 4.10. The van der Waals surface area contributed by atoms with Crippen molar-refractivity contribution in [1.82, 2.24) is 0 Å². The maximum Gasteiger partial charge on any atom is 0.104 e. The van der Waals surface area contributed by atoms with Crippen molar-refractivity contribution in [3.8, 4) is 0 Å². The Morgan fingerprint density at radius 1 is 1.06 bits per heavy atom. The summed E-state index contributed by atoms with van der Waals surface area (Å²) in [5, 5.41) is 0. The number of benzene rings is 2. The van der Waals surface area contributed by atoms with E-state index in [0.717, 1.165) is 5.69 Å². The molecule has 0 radical (unpaired) electrons. The fraction of sp³-hybridized carbons (Fsp3) is 0.133. The summed E-state index contributed by atoms with van der Waals surface area (Å²) in [6.07, 6.45) is 0.689. The molecule has 0 amide bonds. The molecule has 2 N–H and O–H groups in total. The summed E-state index contributed by atoms with van der Waals surface area (Å²) in [6, 6.07) is 18.2. The Balaban J connectivity index is 2.12. The van der Waals surface area contributed by atoms with Gasteiger partial charge in [0.15, 0.2) is 0 Å². The molecule has 0 bridgehead atoms. The van der Waals surface area contributed by atoms with Crippen LogP contribution < -0.4 is 5.73 Å². The summed E-state index contributed by atoms with van der Waals surface area (Å²) in [5.74, 6) is 0.641. The van der Waals surface area contributed by atoms with Gasteiger partial charge < -0.3 is 5.73 Å². The lowest BCUT2D eigenvalue weighted by Crippen LogP contribution is -2.14. The van der Waals surface area contributed by atoms with Gasteiger partial charge in [0.25, 0.3) is 0 Å². The summed E-state index contributed by atoms with van der Waals surface area (Å²) in [7, 11) is 0. The Morgan fingerprint density at radius 3 is 2.53 bits per heavy atom. The van der Waals surface area contributed by atoms with Crippen molar-refractivity contribution in [2.24, 2.45) is 10.7 Å². The van der Waals surface area contributed by atoms with Crippen LogP contribution in [0.5, 0.6) is 0 Å². The van der Waals surface area contributed by atoms with Crippen LogP contribution in [0.1, 0.15) is 11.1 Å². The van der Waals surface area contributed by atoms with Crippen LogP contribution in [-0.2, 0) is 6.42 Å². The lowest BCUT2D eigenvalue weighted by molar-refractivity contribution is 1.27. The minimum absolute atomic E-state index is 0.641. The van der Waals surface area contributed by atoms with Crippen molar-refractivity contribution < 1.29 is 0 Å². The van der Waals surface area contributed by atoms with Gasteiger partial charge in [0.05, 0.1) is 5.69 Å². The van der Waals surface area contributed by atoms with Crippen LogP contribution >= 0.6 is 0 Å². The third-order valence-electron chi connectivity index (χ3n) is 2.50. The van der Waals surface area contributed by atoms with Gasteiger partial charge in [0.1, 0.15) is 5.84 Å². The summed E-state index contributed by atoms with van der Waals surface area (Å²) in [6.45, 7) is 2.05. The van der Waals surface area contributed by atoms with Gasteiger partial charge in [-0.15, -0.1) is 0 Å². The van der Waals surface area contributed by atoms with E-state index < -0.39 is 0 Å². The zero-order valence-corrected chi connectivity index (χ0v) is 9.93. The standard InChI is InChI=1S/C15H16N2/c1-12-6-5-9-14(10-12)17-15(16)11-13-7-3-2-4-8-13/h2-10H,11H2,1H3,(H2,16,17). The molecule has 0 aliphatic carbocycles. The Bertz CT molecular complexity index is 515. The van der Waals surface area contributed by atoms with Crippen molar-refractivity contribution >= 4 is 11.5 Å². The Labute approximate surface area is 102 Å². The van der Waals surface area contributed by atoms with Crippen LogP contribution in [0.3, 0.4) is 0 Å². The van der Waals surface area contributed by atoms with Crippen molar-refractivity contribution in [3.63, 3.8) is 0 Å². The van der Waals surface area contributed by atoms with Crippen molar-refractivity contribution in [2.75, 3.05) is 0 Å². The highest BCUT2D eigenvalue weighted by molar-refractivity contribution is 5.85. The SMILES string of the molecule is Cc1cccc(N=C(N)Cc2ccccc2)c1. The smallest absolute Gasteiger partial charge is 0.104 e. The first-order chi connectivity index (χ1) is 8.24. The Kier molecular flexibility index (Phi) is 3.55. The van der Waals surface area contributed by atoms with Crippen LogP contribution in [0.4, 0.5) is 5.69 Å². The van der Waals surface area contributed by atoms with Crippen LogP contribution in [0.15, 0.2) is 59.6 Å². The predicted molar refractivity (Wildman–Crippen MR) is 72.6 cm³/mol. The molecule has 0 spiro atoms. The molecule has 17 heavy (non-hydrogen) atoms. The van der Waals surface area contributed by atoms with E-state index in [-0.39, 0.29) is 0 Å². The number of aliphatic imine (C=N–C) groups is 1. The van der Waals surface area contributed by atoms with E-state index in [0.29, 0.717) is 12.3 Å². The average Bonchev–Trinajstić information content (AvgIpc) is 2.30. The van der Waals surface area contributed by atoms with Crippen LogP contribution in [0, 0.1) is 6.92 Å². The van der Waals surface area contributed by atoms with Gasteiger partial charge >= 0.3 is 0 Å². The van der Waals surface area contributed by atoms with E-state index in [2.05, 4.69) is 17.1 Å². The Morgan fingerprint density at radius 2 is 1.82 bits per heavy atom. The van der Waals surface area contributed by atoms with Gasteiger partial charge in [-0.1, -0.05) is 42.5 Å². The predicted octanol–water partition coefficient (Wildman–Crippen LogP) is 3.23. The first kappa shape index (κ1) is 11.4. The molecular formula is C15H16N2. The van der Waals surface area contributed by atoms with Gasteiger partial charge in [-0.2, -0.15) is 0 Å². The van der Waals surface area contributed by atoms with Crippen molar-refractivity contribution in [3.05, 3.63) is 65.7 Å². The molecule has 0 aliphatic heterocycles. The number of nitrogens with zero attached hydrogens (tertiary/aromatic N) is 1. The van der Waals surface area contributed by atoms with Gasteiger partial charge in [-0.05, 0) is 30.2 Å². The third-order valence-corrected chi connectivity index (χ3v) is 2.50. The third kappa shape index (κ3) is 3.45. The monoisotopic (exact) mass is 224 g/mol. The molecule has 2 nitrogen and oxygen atoms in total. The van der Waals surface area contributed by atoms with E-state index in [1.54, 1.807) is 0 Å². The first-order valence-electron chi connectivity index (χ1n) is 5.68. The highest BCUT2D eigenvalue weighted by Gasteiger charge is 1.97. The lowest BCUT2D eigenvalue weighted by Gasteiger charge is -2.02.